The third kappa shape index (κ3) is 5.62. The third-order valence-corrected chi connectivity index (χ3v) is 7.61. The average molecular weight is 585 g/mol. The lowest BCUT2D eigenvalue weighted by Crippen LogP contribution is -2.65. The number of amides is 1. The molecular weight excluding hydrogens is 558 g/mol. The number of fused-ring (bicyclic) bond motifs is 1. The lowest BCUT2D eigenvalue weighted by atomic mass is 9.90. The Labute approximate surface area is 229 Å². The summed E-state index contributed by atoms with van der Waals surface area (Å²) in [6.07, 6.45) is -6.89. The standard InChI is InChI=1S/C25H26F6N8O2/c26-24(27,28)13-36-4-5-38(20(41)12-36)17-10-37(11-17)21-19-9-32-39(16-3-1-2-14(6-16)25(29,30)31)22(19)35-23(34-21)33-15-7-18(40)8-15/h1-3,6,9,15,17-18,40H,4-5,7-8,10-13H2,(H,33,34,35)/t15-,18+. The number of aliphatic hydroxyl groups is 1. The van der Waals surface area contributed by atoms with Crippen molar-refractivity contribution in [3.05, 3.63) is 36.0 Å². The highest BCUT2D eigenvalue weighted by Gasteiger charge is 2.41. The molecule has 6 rings (SSSR count). The van der Waals surface area contributed by atoms with Gasteiger partial charge in [-0.05, 0) is 31.0 Å². The number of anilines is 2. The summed E-state index contributed by atoms with van der Waals surface area (Å²) < 4.78 is 79.7. The molecular formula is C25H26F6N8O2. The SMILES string of the molecule is O=C1CN(CC(F)(F)F)CCN1C1CN(c2nc(N[C@H]3C[C@@H](O)C3)nc3c2cnn3-c2cccc(C(F)(F)F)c2)C1. The Bertz CT molecular complexity index is 1450. The Morgan fingerprint density at radius 3 is 2.46 bits per heavy atom. The number of alkyl halides is 6. The third-order valence-electron chi connectivity index (χ3n) is 7.61. The zero-order chi connectivity index (χ0) is 29.1. The predicted octanol–water partition coefficient (Wildman–Crippen LogP) is 2.66. The first-order chi connectivity index (χ1) is 19.3. The van der Waals surface area contributed by atoms with Gasteiger partial charge in [-0.25, -0.2) is 4.68 Å². The van der Waals surface area contributed by atoms with Crippen LogP contribution < -0.4 is 10.2 Å². The molecule has 3 aromatic rings. The summed E-state index contributed by atoms with van der Waals surface area (Å²) in [5.41, 5.74) is -0.398. The van der Waals surface area contributed by atoms with Crippen LogP contribution in [-0.4, -0.2) is 104 Å². The van der Waals surface area contributed by atoms with E-state index in [-0.39, 0.29) is 54.9 Å². The zero-order valence-corrected chi connectivity index (χ0v) is 21.5. The summed E-state index contributed by atoms with van der Waals surface area (Å²) in [6.45, 7) is -0.410. The van der Waals surface area contributed by atoms with E-state index in [9.17, 15) is 36.2 Å². The minimum absolute atomic E-state index is 0.0741. The molecule has 2 saturated heterocycles. The summed E-state index contributed by atoms with van der Waals surface area (Å²) in [4.78, 5) is 26.4. The van der Waals surface area contributed by atoms with Gasteiger partial charge in [0, 0.05) is 32.2 Å². The van der Waals surface area contributed by atoms with E-state index in [4.69, 9.17) is 0 Å². The minimum atomic E-state index is -4.54. The lowest BCUT2D eigenvalue weighted by molar-refractivity contribution is -0.159. The zero-order valence-electron chi connectivity index (χ0n) is 21.5. The van der Waals surface area contributed by atoms with Gasteiger partial charge in [0.15, 0.2) is 5.65 Å². The van der Waals surface area contributed by atoms with E-state index in [0.29, 0.717) is 37.1 Å². The molecule has 1 aromatic carbocycles. The molecule has 2 aromatic heterocycles. The fourth-order valence-electron chi connectivity index (χ4n) is 5.43. The number of carbonyl (C=O) groups excluding carboxylic acids is 1. The molecule has 1 saturated carbocycles. The molecule has 220 valence electrons. The van der Waals surface area contributed by atoms with E-state index in [1.54, 1.807) is 4.90 Å². The molecule has 1 amide bonds. The van der Waals surface area contributed by atoms with Crippen molar-refractivity contribution in [3.8, 4) is 5.69 Å². The highest BCUT2D eigenvalue weighted by Crippen LogP contribution is 2.34. The van der Waals surface area contributed by atoms with Gasteiger partial charge >= 0.3 is 12.4 Å². The van der Waals surface area contributed by atoms with Crippen LogP contribution in [0, 0.1) is 0 Å². The monoisotopic (exact) mass is 584 g/mol. The Balaban J connectivity index is 1.25. The highest BCUT2D eigenvalue weighted by molar-refractivity contribution is 5.90. The number of hydrogen-bond donors (Lipinski definition) is 2. The summed E-state index contributed by atoms with van der Waals surface area (Å²) in [5.74, 6) is 0.315. The molecule has 4 heterocycles. The molecule has 0 spiro atoms. The molecule has 1 aliphatic carbocycles. The van der Waals surface area contributed by atoms with Gasteiger partial charge in [0.2, 0.25) is 11.9 Å². The number of carbonyl (C=O) groups is 1. The number of nitrogens with one attached hydrogen (secondary N) is 1. The topological polar surface area (TPSA) is 103 Å². The Hall–Kier alpha value is -3.66. The fraction of sp³-hybridized carbons (Fsp3) is 0.520. The Morgan fingerprint density at radius 2 is 1.80 bits per heavy atom. The van der Waals surface area contributed by atoms with Crippen LogP contribution in [0.3, 0.4) is 0 Å². The molecule has 2 aliphatic heterocycles. The number of aromatic nitrogens is 4. The number of piperazine rings is 1. The molecule has 16 heteroatoms. The molecule has 41 heavy (non-hydrogen) atoms. The molecule has 0 unspecified atom stereocenters. The van der Waals surface area contributed by atoms with E-state index in [0.717, 1.165) is 17.0 Å². The molecule has 0 bridgehead atoms. The van der Waals surface area contributed by atoms with Crippen molar-refractivity contribution in [1.82, 2.24) is 29.5 Å². The molecule has 3 fully saturated rings. The first-order valence-electron chi connectivity index (χ1n) is 13.1. The van der Waals surface area contributed by atoms with E-state index in [1.165, 1.54) is 23.0 Å². The maximum absolute atomic E-state index is 13.4. The second-order valence-electron chi connectivity index (χ2n) is 10.7. The second-order valence-corrected chi connectivity index (χ2v) is 10.7. The van der Waals surface area contributed by atoms with Crippen LogP contribution in [0.1, 0.15) is 18.4 Å². The van der Waals surface area contributed by atoms with Crippen molar-refractivity contribution < 1.29 is 36.2 Å². The van der Waals surface area contributed by atoms with Crippen molar-refractivity contribution in [2.75, 3.05) is 49.5 Å². The molecule has 3 aliphatic rings. The lowest BCUT2D eigenvalue weighted by Gasteiger charge is -2.48. The number of aliphatic hydroxyl groups excluding tert-OH is 1. The van der Waals surface area contributed by atoms with Crippen molar-refractivity contribution in [3.63, 3.8) is 0 Å². The van der Waals surface area contributed by atoms with Crippen LogP contribution in [0.5, 0.6) is 0 Å². The van der Waals surface area contributed by atoms with Crippen LogP contribution in [0.2, 0.25) is 0 Å². The number of nitrogens with zero attached hydrogens (tertiary/aromatic N) is 7. The molecule has 0 radical (unpaired) electrons. The average Bonchev–Trinajstić information content (AvgIpc) is 3.26. The first kappa shape index (κ1) is 27.5. The number of hydrogen-bond acceptors (Lipinski definition) is 8. The highest BCUT2D eigenvalue weighted by atomic mass is 19.4. The van der Waals surface area contributed by atoms with E-state index < -0.39 is 30.6 Å². The number of halogens is 6. The van der Waals surface area contributed by atoms with E-state index in [1.807, 2.05) is 4.90 Å². The van der Waals surface area contributed by atoms with E-state index in [2.05, 4.69) is 20.4 Å². The largest absolute Gasteiger partial charge is 0.416 e. The van der Waals surface area contributed by atoms with Crippen LogP contribution in [-0.2, 0) is 11.0 Å². The van der Waals surface area contributed by atoms with Crippen molar-refractivity contribution in [1.29, 1.82) is 0 Å². The maximum atomic E-state index is 13.4. The van der Waals surface area contributed by atoms with Gasteiger partial charge in [0.05, 0.1) is 48.1 Å². The minimum Gasteiger partial charge on any atom is -0.393 e. The summed E-state index contributed by atoms with van der Waals surface area (Å²) in [5, 5.41) is 17.6. The molecule has 0 atom stereocenters. The van der Waals surface area contributed by atoms with Gasteiger partial charge in [-0.15, -0.1) is 0 Å². The summed E-state index contributed by atoms with van der Waals surface area (Å²) in [6, 6.07) is 4.42. The second kappa shape index (κ2) is 10.0. The maximum Gasteiger partial charge on any atom is 0.416 e. The predicted molar refractivity (Wildman–Crippen MR) is 135 cm³/mol. The van der Waals surface area contributed by atoms with Gasteiger partial charge < -0.3 is 20.2 Å². The van der Waals surface area contributed by atoms with Gasteiger partial charge in [-0.1, -0.05) is 6.07 Å². The van der Waals surface area contributed by atoms with Crippen LogP contribution in [0.4, 0.5) is 38.1 Å². The Kier molecular flexibility index (Phi) is 6.71. The first-order valence-corrected chi connectivity index (χ1v) is 13.1. The van der Waals surface area contributed by atoms with Gasteiger partial charge in [-0.2, -0.15) is 41.4 Å². The van der Waals surface area contributed by atoms with Crippen molar-refractivity contribution in [2.24, 2.45) is 0 Å². The number of rotatable bonds is 6. The Morgan fingerprint density at radius 1 is 1.05 bits per heavy atom. The van der Waals surface area contributed by atoms with Gasteiger partial charge in [0.25, 0.3) is 0 Å². The number of benzene rings is 1. The van der Waals surface area contributed by atoms with Crippen LogP contribution in [0.25, 0.3) is 16.7 Å². The summed E-state index contributed by atoms with van der Waals surface area (Å²) >= 11 is 0. The van der Waals surface area contributed by atoms with Crippen molar-refractivity contribution >= 4 is 28.7 Å². The molecule has 2 N–H and O–H groups in total. The molecule has 10 nitrogen and oxygen atoms in total. The van der Waals surface area contributed by atoms with E-state index >= 15 is 0 Å². The van der Waals surface area contributed by atoms with Gasteiger partial charge in [0.1, 0.15) is 5.82 Å². The van der Waals surface area contributed by atoms with Crippen LogP contribution >= 0.6 is 0 Å². The quantitative estimate of drug-likeness (QED) is 0.427. The van der Waals surface area contributed by atoms with Gasteiger partial charge in [-0.3, -0.25) is 9.69 Å². The summed E-state index contributed by atoms with van der Waals surface area (Å²) in [7, 11) is 0. The van der Waals surface area contributed by atoms with Crippen LogP contribution in [0.15, 0.2) is 30.5 Å². The smallest absolute Gasteiger partial charge is 0.393 e. The van der Waals surface area contributed by atoms with Crippen molar-refractivity contribution in [2.45, 2.75) is 43.4 Å². The fourth-order valence-corrected chi connectivity index (χ4v) is 5.43. The normalized spacial score (nSPS) is 22.7.